The van der Waals surface area contributed by atoms with E-state index >= 15 is 0 Å². The highest BCUT2D eigenvalue weighted by atomic mass is 79.9. The number of hydrogen-bond donors (Lipinski definition) is 0. The lowest BCUT2D eigenvalue weighted by molar-refractivity contribution is 0.508. The quantitative estimate of drug-likeness (QED) is 0.750. The Hall–Kier alpha value is -2.04. The van der Waals surface area contributed by atoms with Crippen LogP contribution >= 0.6 is 15.9 Å². The van der Waals surface area contributed by atoms with Crippen molar-refractivity contribution in [3.05, 3.63) is 69.0 Å². The van der Waals surface area contributed by atoms with Gasteiger partial charge in [0.1, 0.15) is 11.0 Å². The van der Waals surface area contributed by atoms with Crippen LogP contribution < -0.4 is 0 Å². The van der Waals surface area contributed by atoms with Crippen LogP contribution in [0.25, 0.3) is 6.08 Å². The van der Waals surface area contributed by atoms with E-state index < -0.39 is 26.4 Å². The molecule has 0 aliphatic heterocycles. The van der Waals surface area contributed by atoms with Crippen LogP contribution in [0, 0.1) is 23.0 Å². The van der Waals surface area contributed by atoms with Gasteiger partial charge in [-0.05, 0) is 48.0 Å². The summed E-state index contributed by atoms with van der Waals surface area (Å²) in [5.41, 5.74) is 0.0798. The molecule has 0 radical (unpaired) electrons. The predicted octanol–water partition coefficient (Wildman–Crippen LogP) is 4.07. The van der Waals surface area contributed by atoms with Crippen molar-refractivity contribution in [2.45, 2.75) is 4.90 Å². The molecule has 0 atom stereocenters. The second-order valence-corrected chi connectivity index (χ2v) is 7.09. The Morgan fingerprint density at radius 2 is 1.73 bits per heavy atom. The maximum atomic E-state index is 13.2. The van der Waals surface area contributed by atoms with E-state index in [4.69, 9.17) is 5.26 Å². The lowest BCUT2D eigenvalue weighted by Gasteiger charge is -2.03. The fourth-order valence-electron chi connectivity index (χ4n) is 1.66. The summed E-state index contributed by atoms with van der Waals surface area (Å²) in [5, 5.41) is 9.09. The first-order valence-electron chi connectivity index (χ1n) is 5.92. The zero-order valence-electron chi connectivity index (χ0n) is 10.9. The molecule has 0 saturated carbocycles. The second-order valence-electron chi connectivity index (χ2n) is 4.25. The lowest BCUT2D eigenvalue weighted by Crippen LogP contribution is -2.03. The van der Waals surface area contributed by atoms with Gasteiger partial charge in [-0.2, -0.15) is 5.26 Å². The molecule has 0 amide bonds. The van der Waals surface area contributed by atoms with Gasteiger partial charge in [0.2, 0.25) is 9.84 Å². The van der Waals surface area contributed by atoms with Crippen molar-refractivity contribution in [2.24, 2.45) is 0 Å². The molecule has 2 aromatic carbocycles. The van der Waals surface area contributed by atoms with Gasteiger partial charge in [0, 0.05) is 4.47 Å². The fourth-order valence-corrected chi connectivity index (χ4v) is 3.09. The van der Waals surface area contributed by atoms with Gasteiger partial charge in [0.05, 0.1) is 4.90 Å². The lowest BCUT2D eigenvalue weighted by atomic mass is 10.2. The SMILES string of the molecule is N#C/C(=C\c1ccc(F)c(F)c1)S(=O)(=O)c1ccc(Br)cc1. The Bertz CT molecular complexity index is 885. The van der Waals surface area contributed by atoms with Crippen LogP contribution in [-0.2, 0) is 9.84 Å². The van der Waals surface area contributed by atoms with Crippen molar-refractivity contribution in [1.29, 1.82) is 5.26 Å². The third-order valence-electron chi connectivity index (χ3n) is 2.77. The molecule has 3 nitrogen and oxygen atoms in total. The monoisotopic (exact) mass is 383 g/mol. The summed E-state index contributed by atoms with van der Waals surface area (Å²) in [5.74, 6) is -2.17. The normalized spacial score (nSPS) is 12.0. The van der Waals surface area contributed by atoms with Crippen molar-refractivity contribution >= 4 is 31.8 Å². The minimum absolute atomic E-state index is 0.0638. The molecule has 7 heteroatoms. The summed E-state index contributed by atoms with van der Waals surface area (Å²) in [4.78, 5) is -0.619. The zero-order valence-corrected chi connectivity index (χ0v) is 13.3. The molecule has 0 N–H and O–H groups in total. The third kappa shape index (κ3) is 3.40. The minimum Gasteiger partial charge on any atom is -0.218 e. The molecule has 0 spiro atoms. The van der Waals surface area contributed by atoms with Gasteiger partial charge in [0.15, 0.2) is 11.6 Å². The van der Waals surface area contributed by atoms with Gasteiger partial charge in [-0.3, -0.25) is 0 Å². The smallest absolute Gasteiger partial charge is 0.216 e. The Morgan fingerprint density at radius 1 is 1.09 bits per heavy atom. The standard InChI is InChI=1S/C15H8BrF2NO2S/c16-11-2-4-12(5-3-11)22(20,21)13(9-19)7-10-1-6-14(17)15(18)8-10/h1-8H/b13-7+. The molecule has 0 bridgehead atoms. The largest absolute Gasteiger partial charge is 0.218 e. The van der Waals surface area contributed by atoms with Gasteiger partial charge in [-0.15, -0.1) is 0 Å². The Balaban J connectivity index is 2.51. The van der Waals surface area contributed by atoms with Crippen LogP contribution in [0.1, 0.15) is 5.56 Å². The molecule has 112 valence electrons. The zero-order chi connectivity index (χ0) is 16.3. The summed E-state index contributed by atoms with van der Waals surface area (Å²) in [6, 6.07) is 10.2. The highest BCUT2D eigenvalue weighted by Gasteiger charge is 2.20. The van der Waals surface area contributed by atoms with E-state index in [-0.39, 0.29) is 10.5 Å². The summed E-state index contributed by atoms with van der Waals surface area (Å²) in [6.45, 7) is 0. The molecule has 0 unspecified atom stereocenters. The van der Waals surface area contributed by atoms with Gasteiger partial charge < -0.3 is 0 Å². The van der Waals surface area contributed by atoms with Crippen molar-refractivity contribution in [3.63, 3.8) is 0 Å². The number of halogens is 3. The van der Waals surface area contributed by atoms with Crippen LogP contribution in [0.5, 0.6) is 0 Å². The van der Waals surface area contributed by atoms with E-state index in [1.807, 2.05) is 0 Å². The molecular weight excluding hydrogens is 376 g/mol. The highest BCUT2D eigenvalue weighted by molar-refractivity contribution is 9.10. The average Bonchev–Trinajstić information content (AvgIpc) is 2.48. The van der Waals surface area contributed by atoms with Gasteiger partial charge in [0.25, 0.3) is 0 Å². The summed E-state index contributed by atoms with van der Waals surface area (Å²) < 4.78 is 51.4. The molecule has 22 heavy (non-hydrogen) atoms. The maximum absolute atomic E-state index is 13.2. The van der Waals surface area contributed by atoms with E-state index in [1.54, 1.807) is 6.07 Å². The molecule has 0 fully saturated rings. The first kappa shape index (κ1) is 16.3. The molecule has 0 saturated heterocycles. The van der Waals surface area contributed by atoms with Crippen LogP contribution in [0.3, 0.4) is 0 Å². The molecule has 2 aromatic rings. The van der Waals surface area contributed by atoms with Gasteiger partial charge in [-0.25, -0.2) is 17.2 Å². The topological polar surface area (TPSA) is 57.9 Å². The van der Waals surface area contributed by atoms with Crippen molar-refractivity contribution < 1.29 is 17.2 Å². The predicted molar refractivity (Wildman–Crippen MR) is 81.3 cm³/mol. The minimum atomic E-state index is -4.03. The summed E-state index contributed by atoms with van der Waals surface area (Å²) >= 11 is 3.18. The van der Waals surface area contributed by atoms with Crippen LogP contribution in [0.4, 0.5) is 8.78 Å². The van der Waals surface area contributed by atoms with Gasteiger partial charge >= 0.3 is 0 Å². The second kappa shape index (κ2) is 6.38. The number of sulfone groups is 1. The van der Waals surface area contributed by atoms with Crippen LogP contribution in [0.15, 0.2) is 56.7 Å². The number of hydrogen-bond acceptors (Lipinski definition) is 3. The fraction of sp³-hybridized carbons (Fsp3) is 0. The Kier molecular flexibility index (Phi) is 4.74. The molecule has 0 aliphatic rings. The molecule has 0 aromatic heterocycles. The van der Waals surface area contributed by atoms with Crippen molar-refractivity contribution in [3.8, 4) is 6.07 Å². The van der Waals surface area contributed by atoms with Crippen LogP contribution in [-0.4, -0.2) is 8.42 Å². The number of rotatable bonds is 3. The highest BCUT2D eigenvalue weighted by Crippen LogP contribution is 2.23. The van der Waals surface area contributed by atoms with E-state index in [2.05, 4.69) is 15.9 Å². The number of nitriles is 1. The van der Waals surface area contributed by atoms with E-state index in [1.165, 1.54) is 30.3 Å². The summed E-state index contributed by atoms with van der Waals surface area (Å²) in [6.07, 6.45) is 1.000. The van der Waals surface area contributed by atoms with Crippen molar-refractivity contribution in [2.75, 3.05) is 0 Å². The molecule has 0 aliphatic carbocycles. The number of allylic oxidation sites excluding steroid dienone is 1. The molecular formula is C15H8BrF2NO2S. The maximum Gasteiger partial charge on any atom is 0.216 e. The average molecular weight is 384 g/mol. The number of nitrogens with zero attached hydrogens (tertiary/aromatic N) is 1. The van der Waals surface area contributed by atoms with E-state index in [0.717, 1.165) is 18.2 Å². The molecule has 0 heterocycles. The third-order valence-corrected chi connectivity index (χ3v) is 4.97. The first-order valence-corrected chi connectivity index (χ1v) is 8.20. The van der Waals surface area contributed by atoms with Gasteiger partial charge in [-0.1, -0.05) is 22.0 Å². The molecule has 2 rings (SSSR count). The number of benzene rings is 2. The Morgan fingerprint density at radius 3 is 2.27 bits per heavy atom. The Labute approximate surface area is 134 Å². The van der Waals surface area contributed by atoms with Crippen molar-refractivity contribution in [1.82, 2.24) is 0 Å². The van der Waals surface area contributed by atoms with E-state index in [0.29, 0.717) is 4.47 Å². The first-order chi connectivity index (χ1) is 10.3. The summed E-state index contributed by atoms with van der Waals surface area (Å²) in [7, 11) is -4.03. The van der Waals surface area contributed by atoms with Crippen LogP contribution in [0.2, 0.25) is 0 Å². The van der Waals surface area contributed by atoms with E-state index in [9.17, 15) is 17.2 Å².